The summed E-state index contributed by atoms with van der Waals surface area (Å²) in [7, 11) is 0. The molecule has 0 fully saturated rings. The van der Waals surface area contributed by atoms with Crippen molar-refractivity contribution < 1.29 is 0 Å². The highest BCUT2D eigenvalue weighted by atomic mass is 32.1. The second-order valence-electron chi connectivity index (χ2n) is 15.6. The quantitative estimate of drug-likeness (QED) is 0.167. The number of aromatic nitrogens is 6. The van der Waals surface area contributed by atoms with Crippen LogP contribution < -0.4 is 0 Å². The van der Waals surface area contributed by atoms with E-state index >= 15 is 0 Å². The Morgan fingerprint density at radius 3 is 1.68 bits per heavy atom. The molecule has 5 aromatic heterocycles. The lowest BCUT2D eigenvalue weighted by atomic mass is 10.0. The van der Waals surface area contributed by atoms with Crippen molar-refractivity contribution in [1.29, 1.82) is 0 Å². The van der Waals surface area contributed by atoms with Crippen LogP contribution in [0.4, 0.5) is 0 Å². The molecule has 13 aromatic rings. The van der Waals surface area contributed by atoms with Gasteiger partial charge in [-0.15, -0.1) is 22.7 Å². The summed E-state index contributed by atoms with van der Waals surface area (Å²) < 4.78 is 6.86. The van der Waals surface area contributed by atoms with Crippen LogP contribution in [0.15, 0.2) is 194 Å². The van der Waals surface area contributed by atoms with Gasteiger partial charge in [-0.2, -0.15) is 0 Å². The number of hydrogen-bond acceptors (Lipinski definition) is 7. The molecule has 0 unspecified atom stereocenters. The molecule has 0 aliphatic heterocycles. The van der Waals surface area contributed by atoms with Gasteiger partial charge in [0, 0.05) is 74.5 Å². The van der Waals surface area contributed by atoms with Crippen molar-refractivity contribution in [1.82, 2.24) is 29.5 Å². The zero-order valence-corrected chi connectivity index (χ0v) is 35.1. The predicted octanol–water partition coefficient (Wildman–Crippen LogP) is 14.8. The zero-order chi connectivity index (χ0) is 41.4. The maximum Gasteiger partial charge on any atom is 0.165 e. The molecule has 0 radical (unpaired) electrons. The van der Waals surface area contributed by atoms with Gasteiger partial charge in [0.05, 0.1) is 26.9 Å². The monoisotopic (exact) mass is 840 g/mol. The van der Waals surface area contributed by atoms with Crippen molar-refractivity contribution >= 4 is 85.0 Å². The standard InChI is InChI=1S/C55H32N6S2/c1-4-17-33(18-5-1)48-51-49(37-24-11-13-31-44(37)62-51)57-53(56-48)40-27-16-32-45-47(40)38-25-14-28-41(50(38)63-45)55-59-52(34-19-6-2-7-20-34)58-54(60-55)39-26-15-30-43-46(39)36-23-10-12-29-42(36)61(43)35-21-8-3-9-22-35/h1-32H. The third kappa shape index (κ3) is 5.73. The van der Waals surface area contributed by atoms with Gasteiger partial charge in [-0.25, -0.2) is 24.9 Å². The Labute approximate surface area is 369 Å². The highest BCUT2D eigenvalue weighted by Gasteiger charge is 2.23. The maximum atomic E-state index is 5.39. The van der Waals surface area contributed by atoms with E-state index in [0.29, 0.717) is 23.3 Å². The molecule has 8 aromatic carbocycles. The molecule has 63 heavy (non-hydrogen) atoms. The van der Waals surface area contributed by atoms with Gasteiger partial charge in [0.2, 0.25) is 0 Å². The number of benzene rings is 8. The molecule has 0 amide bonds. The molecule has 0 aliphatic carbocycles. The van der Waals surface area contributed by atoms with Crippen LogP contribution in [0.25, 0.3) is 125 Å². The number of rotatable bonds is 6. The molecule has 294 valence electrons. The minimum atomic E-state index is 0.620. The van der Waals surface area contributed by atoms with Crippen LogP contribution in [-0.2, 0) is 0 Å². The highest BCUT2D eigenvalue weighted by Crippen LogP contribution is 2.46. The SMILES string of the molecule is c1ccc(-c2nc(-c3cccc4c3sc3cccc(-c5nc(-c6ccccc6)c6sc7ccccc7c6n5)c34)nc(-c3cccc4c3c3ccccc3n4-c3ccccc3)n2)cc1. The molecule has 6 nitrogen and oxygen atoms in total. The summed E-state index contributed by atoms with van der Waals surface area (Å²) in [6.07, 6.45) is 0. The van der Waals surface area contributed by atoms with Gasteiger partial charge in [-0.3, -0.25) is 0 Å². The molecular formula is C55H32N6S2. The second kappa shape index (κ2) is 14.3. The normalized spacial score (nSPS) is 11.8. The average Bonchev–Trinajstić information content (AvgIpc) is 4.04. The summed E-state index contributed by atoms with van der Waals surface area (Å²) in [5.74, 6) is 2.57. The molecule has 0 saturated heterocycles. The van der Waals surface area contributed by atoms with Gasteiger partial charge in [-0.1, -0.05) is 152 Å². The Morgan fingerprint density at radius 1 is 0.333 bits per heavy atom. The third-order valence-electron chi connectivity index (χ3n) is 11.9. The van der Waals surface area contributed by atoms with Crippen LogP contribution in [0.1, 0.15) is 0 Å². The molecule has 8 heteroatoms. The summed E-state index contributed by atoms with van der Waals surface area (Å²) in [4.78, 5) is 26.6. The van der Waals surface area contributed by atoms with Crippen molar-refractivity contribution in [3.8, 4) is 62.5 Å². The van der Waals surface area contributed by atoms with Crippen molar-refractivity contribution in [2.75, 3.05) is 0 Å². The Morgan fingerprint density at radius 2 is 0.873 bits per heavy atom. The van der Waals surface area contributed by atoms with E-state index < -0.39 is 0 Å². The van der Waals surface area contributed by atoms with E-state index in [4.69, 9.17) is 24.9 Å². The smallest absolute Gasteiger partial charge is 0.165 e. The molecule has 0 atom stereocenters. The first-order valence-electron chi connectivity index (χ1n) is 20.8. The second-order valence-corrected chi connectivity index (χ2v) is 17.7. The van der Waals surface area contributed by atoms with Crippen molar-refractivity contribution in [3.05, 3.63) is 194 Å². The van der Waals surface area contributed by atoms with Crippen LogP contribution in [0.3, 0.4) is 0 Å². The van der Waals surface area contributed by atoms with Crippen LogP contribution in [0.5, 0.6) is 0 Å². The predicted molar refractivity (Wildman–Crippen MR) is 263 cm³/mol. The maximum absolute atomic E-state index is 5.39. The fourth-order valence-corrected chi connectivity index (χ4v) is 11.5. The van der Waals surface area contributed by atoms with E-state index in [9.17, 15) is 0 Å². The Bertz CT molecular complexity index is 3910. The third-order valence-corrected chi connectivity index (χ3v) is 14.3. The number of fused-ring (bicyclic) bond motifs is 9. The van der Waals surface area contributed by atoms with E-state index in [1.54, 1.807) is 22.7 Å². The summed E-state index contributed by atoms with van der Waals surface area (Å²) in [6.45, 7) is 0. The van der Waals surface area contributed by atoms with Crippen LogP contribution in [0, 0.1) is 0 Å². The van der Waals surface area contributed by atoms with Crippen molar-refractivity contribution in [2.24, 2.45) is 0 Å². The number of hydrogen-bond donors (Lipinski definition) is 0. The van der Waals surface area contributed by atoms with E-state index in [2.05, 4.69) is 174 Å². The Balaban J connectivity index is 1.04. The molecular weight excluding hydrogens is 809 g/mol. The molecule has 0 bridgehead atoms. The fourth-order valence-electron chi connectivity index (χ4n) is 9.11. The topological polar surface area (TPSA) is 69.4 Å². The summed E-state index contributed by atoms with van der Waals surface area (Å²) in [5.41, 5.74) is 10.1. The van der Waals surface area contributed by atoms with E-state index in [1.165, 1.54) is 4.70 Å². The summed E-state index contributed by atoms with van der Waals surface area (Å²) >= 11 is 3.50. The molecule has 0 aliphatic rings. The molecule has 0 saturated carbocycles. The van der Waals surface area contributed by atoms with Gasteiger partial charge in [0.25, 0.3) is 0 Å². The molecule has 13 rings (SSSR count). The lowest BCUT2D eigenvalue weighted by Gasteiger charge is -2.11. The summed E-state index contributed by atoms with van der Waals surface area (Å²) in [6, 6.07) is 67.7. The molecule has 0 N–H and O–H groups in total. The minimum Gasteiger partial charge on any atom is -0.309 e. The van der Waals surface area contributed by atoms with E-state index in [1.807, 2.05) is 24.3 Å². The van der Waals surface area contributed by atoms with Crippen LogP contribution in [0.2, 0.25) is 0 Å². The first-order valence-corrected chi connectivity index (χ1v) is 22.5. The Kier molecular flexibility index (Phi) is 8.15. The van der Waals surface area contributed by atoms with Crippen LogP contribution >= 0.6 is 22.7 Å². The van der Waals surface area contributed by atoms with Gasteiger partial charge >= 0.3 is 0 Å². The number of para-hydroxylation sites is 2. The van der Waals surface area contributed by atoms with Gasteiger partial charge in [0.1, 0.15) is 0 Å². The van der Waals surface area contributed by atoms with Gasteiger partial charge < -0.3 is 4.57 Å². The number of thiophene rings is 2. The zero-order valence-electron chi connectivity index (χ0n) is 33.5. The lowest BCUT2D eigenvalue weighted by Crippen LogP contribution is -2.00. The van der Waals surface area contributed by atoms with Gasteiger partial charge in [0.15, 0.2) is 23.3 Å². The minimum absolute atomic E-state index is 0.620. The number of nitrogens with zero attached hydrogens (tertiary/aromatic N) is 6. The van der Waals surface area contributed by atoms with E-state index in [-0.39, 0.29) is 0 Å². The Hall–Kier alpha value is -7.91. The average molecular weight is 841 g/mol. The van der Waals surface area contributed by atoms with E-state index in [0.717, 1.165) is 96.8 Å². The van der Waals surface area contributed by atoms with Gasteiger partial charge in [-0.05, 0) is 42.5 Å². The largest absolute Gasteiger partial charge is 0.309 e. The first kappa shape index (κ1) is 35.8. The highest BCUT2D eigenvalue weighted by molar-refractivity contribution is 7.26. The first-order chi connectivity index (χ1) is 31.2. The molecule has 0 spiro atoms. The summed E-state index contributed by atoms with van der Waals surface area (Å²) in [5, 5.41) is 5.61. The van der Waals surface area contributed by atoms with Crippen molar-refractivity contribution in [2.45, 2.75) is 0 Å². The fraction of sp³-hybridized carbons (Fsp3) is 0. The lowest BCUT2D eigenvalue weighted by molar-refractivity contribution is 1.08. The molecule has 5 heterocycles. The van der Waals surface area contributed by atoms with Crippen LogP contribution in [-0.4, -0.2) is 29.5 Å². The van der Waals surface area contributed by atoms with Crippen molar-refractivity contribution in [3.63, 3.8) is 0 Å².